The van der Waals surface area contributed by atoms with Crippen LogP contribution < -0.4 is 4.72 Å². The van der Waals surface area contributed by atoms with E-state index in [1.54, 1.807) is 10.8 Å². The molecule has 1 N–H and O–H groups in total. The first-order chi connectivity index (χ1) is 11.1. The summed E-state index contributed by atoms with van der Waals surface area (Å²) in [4.78, 5) is 0.178. The summed E-state index contributed by atoms with van der Waals surface area (Å²) >= 11 is 1.30. The highest BCUT2D eigenvalue weighted by atomic mass is 32.2. The van der Waals surface area contributed by atoms with Crippen LogP contribution in [0, 0.1) is 0 Å². The molecule has 0 spiro atoms. The van der Waals surface area contributed by atoms with Crippen molar-refractivity contribution in [2.45, 2.75) is 24.2 Å². The summed E-state index contributed by atoms with van der Waals surface area (Å²) in [5.74, 6) is 0.324. The van der Waals surface area contributed by atoms with Crippen molar-refractivity contribution >= 4 is 27.4 Å². The van der Waals surface area contributed by atoms with Crippen molar-refractivity contribution in [2.75, 3.05) is 4.72 Å². The van der Waals surface area contributed by atoms with E-state index in [0.717, 1.165) is 12.0 Å². The van der Waals surface area contributed by atoms with Gasteiger partial charge in [0.05, 0.1) is 10.8 Å². The van der Waals surface area contributed by atoms with Gasteiger partial charge in [0.2, 0.25) is 5.89 Å². The lowest BCUT2D eigenvalue weighted by Gasteiger charge is -2.10. The van der Waals surface area contributed by atoms with Crippen LogP contribution in [0.3, 0.4) is 0 Å². The number of anilines is 1. The molecule has 23 heavy (non-hydrogen) atoms. The summed E-state index contributed by atoms with van der Waals surface area (Å²) < 4.78 is 32.1. The van der Waals surface area contributed by atoms with Gasteiger partial charge < -0.3 is 4.42 Å². The molecule has 0 fully saturated rings. The Hall–Kier alpha value is -2.19. The lowest BCUT2D eigenvalue weighted by atomic mass is 9.97. The van der Waals surface area contributed by atoms with Crippen LogP contribution in [-0.4, -0.2) is 18.6 Å². The Morgan fingerprint density at radius 3 is 2.65 bits per heavy atom. The molecule has 2 heterocycles. The molecule has 1 atom stereocenters. The lowest BCUT2D eigenvalue weighted by molar-refractivity contribution is 0.476. The maximum Gasteiger partial charge on any atom is 0.329 e. The van der Waals surface area contributed by atoms with E-state index in [1.807, 2.05) is 37.3 Å². The Labute approximate surface area is 138 Å². The number of nitrogens with zero attached hydrogens (tertiary/aromatic N) is 2. The monoisotopic (exact) mass is 349 g/mol. The maximum atomic E-state index is 12.1. The van der Waals surface area contributed by atoms with E-state index in [2.05, 4.69) is 14.9 Å². The molecule has 3 rings (SSSR count). The Balaban J connectivity index is 1.83. The van der Waals surface area contributed by atoms with Crippen molar-refractivity contribution in [2.24, 2.45) is 0 Å². The highest BCUT2D eigenvalue weighted by Crippen LogP contribution is 2.28. The molecule has 0 saturated carbocycles. The molecule has 6 nitrogen and oxygen atoms in total. The minimum Gasteiger partial charge on any atom is -0.407 e. The normalized spacial score (nSPS) is 12.9. The van der Waals surface area contributed by atoms with Gasteiger partial charge in [-0.05, 0) is 23.4 Å². The van der Waals surface area contributed by atoms with Crippen molar-refractivity contribution in [1.29, 1.82) is 0 Å². The second-order valence-corrected chi connectivity index (χ2v) is 7.34. The van der Waals surface area contributed by atoms with Gasteiger partial charge >= 0.3 is 6.01 Å². The minimum atomic E-state index is -3.69. The van der Waals surface area contributed by atoms with E-state index in [0.29, 0.717) is 5.89 Å². The Bertz CT molecular complexity index is 859. The van der Waals surface area contributed by atoms with E-state index in [9.17, 15) is 8.42 Å². The average molecular weight is 349 g/mol. The molecule has 0 aliphatic carbocycles. The molecule has 0 saturated heterocycles. The largest absolute Gasteiger partial charge is 0.407 e. The standard InChI is InChI=1S/C15H15N3O3S2/c1-2-13(11-6-4-3-5-7-11)14-16-17-15(21-14)18-23(19,20)12-8-9-22-10-12/h3-10,13H,2H2,1H3,(H,17,18). The van der Waals surface area contributed by atoms with Crippen LogP contribution in [0.15, 0.2) is 56.5 Å². The molecular formula is C15H15N3O3S2. The van der Waals surface area contributed by atoms with E-state index < -0.39 is 10.0 Å². The van der Waals surface area contributed by atoms with E-state index >= 15 is 0 Å². The van der Waals surface area contributed by atoms with Crippen molar-refractivity contribution in [3.8, 4) is 0 Å². The van der Waals surface area contributed by atoms with Crippen LogP contribution >= 0.6 is 11.3 Å². The van der Waals surface area contributed by atoms with Crippen LogP contribution in [0.5, 0.6) is 0 Å². The third kappa shape index (κ3) is 3.43. The Morgan fingerprint density at radius 2 is 2.00 bits per heavy atom. The van der Waals surface area contributed by atoms with Gasteiger partial charge in [-0.25, -0.2) is 13.1 Å². The van der Waals surface area contributed by atoms with Crippen LogP contribution in [0.25, 0.3) is 0 Å². The molecule has 0 radical (unpaired) electrons. The van der Waals surface area contributed by atoms with Crippen molar-refractivity contribution in [3.05, 3.63) is 58.6 Å². The predicted octanol–water partition coefficient (Wildman–Crippen LogP) is 3.47. The molecule has 120 valence electrons. The second kappa shape index (κ2) is 6.51. The van der Waals surface area contributed by atoms with E-state index in [4.69, 9.17) is 4.42 Å². The summed E-state index contributed by atoms with van der Waals surface area (Å²) in [6, 6.07) is 11.2. The zero-order valence-corrected chi connectivity index (χ0v) is 14.0. The fourth-order valence-electron chi connectivity index (χ4n) is 2.23. The van der Waals surface area contributed by atoms with Crippen molar-refractivity contribution in [3.63, 3.8) is 0 Å². The summed E-state index contributed by atoms with van der Waals surface area (Å²) in [5.41, 5.74) is 1.05. The predicted molar refractivity (Wildman–Crippen MR) is 88.0 cm³/mol. The van der Waals surface area contributed by atoms with Crippen LogP contribution in [0.4, 0.5) is 6.01 Å². The first-order valence-corrected chi connectivity index (χ1v) is 9.46. The highest BCUT2D eigenvalue weighted by Gasteiger charge is 2.22. The molecule has 1 unspecified atom stereocenters. The van der Waals surface area contributed by atoms with Gasteiger partial charge in [0, 0.05) is 5.38 Å². The van der Waals surface area contributed by atoms with Gasteiger partial charge in [0.1, 0.15) is 0 Å². The Kier molecular flexibility index (Phi) is 4.44. The summed E-state index contributed by atoms with van der Waals surface area (Å²) in [6.45, 7) is 2.01. The molecule has 0 bridgehead atoms. The highest BCUT2D eigenvalue weighted by molar-refractivity contribution is 7.92. The second-order valence-electron chi connectivity index (χ2n) is 4.88. The van der Waals surface area contributed by atoms with Crippen LogP contribution in [-0.2, 0) is 10.0 Å². The van der Waals surface area contributed by atoms with Crippen LogP contribution in [0.2, 0.25) is 0 Å². The third-order valence-electron chi connectivity index (χ3n) is 3.38. The quantitative estimate of drug-likeness (QED) is 0.736. The molecular weight excluding hydrogens is 334 g/mol. The molecule has 0 amide bonds. The summed E-state index contributed by atoms with van der Waals surface area (Å²) in [6.07, 6.45) is 0.767. The number of hydrogen-bond acceptors (Lipinski definition) is 6. The van der Waals surface area contributed by atoms with Gasteiger partial charge in [0.25, 0.3) is 10.0 Å². The minimum absolute atomic E-state index is 0.0666. The molecule has 8 heteroatoms. The topological polar surface area (TPSA) is 85.1 Å². The number of rotatable bonds is 6. The molecule has 0 aliphatic heterocycles. The lowest BCUT2D eigenvalue weighted by Crippen LogP contribution is -2.12. The average Bonchev–Trinajstić information content (AvgIpc) is 3.21. The number of sulfonamides is 1. The zero-order chi connectivity index (χ0) is 16.3. The first kappa shape index (κ1) is 15.7. The fraction of sp³-hybridized carbons (Fsp3) is 0.200. The number of aromatic nitrogens is 2. The number of thiophene rings is 1. The molecule has 1 aromatic carbocycles. The summed E-state index contributed by atoms with van der Waals surface area (Å²) in [5, 5.41) is 11.0. The fourth-order valence-corrected chi connectivity index (χ4v) is 4.19. The SMILES string of the molecule is CCC(c1ccccc1)c1nnc(NS(=O)(=O)c2ccsc2)o1. The summed E-state index contributed by atoms with van der Waals surface area (Å²) in [7, 11) is -3.69. The first-order valence-electron chi connectivity index (χ1n) is 7.03. The van der Waals surface area contributed by atoms with E-state index in [1.165, 1.54) is 17.4 Å². The molecule has 0 aliphatic rings. The number of benzene rings is 1. The van der Waals surface area contributed by atoms with Gasteiger partial charge in [-0.2, -0.15) is 11.3 Å². The van der Waals surface area contributed by atoms with Gasteiger partial charge in [0.15, 0.2) is 0 Å². The zero-order valence-electron chi connectivity index (χ0n) is 12.3. The van der Waals surface area contributed by atoms with Crippen LogP contribution in [0.1, 0.15) is 30.7 Å². The molecule has 2 aromatic heterocycles. The van der Waals surface area contributed by atoms with Gasteiger partial charge in [-0.3, -0.25) is 0 Å². The van der Waals surface area contributed by atoms with Crippen molar-refractivity contribution < 1.29 is 12.8 Å². The van der Waals surface area contributed by atoms with Crippen molar-refractivity contribution in [1.82, 2.24) is 10.2 Å². The molecule has 3 aromatic rings. The number of hydrogen-bond donors (Lipinski definition) is 1. The van der Waals surface area contributed by atoms with E-state index in [-0.39, 0.29) is 16.8 Å². The smallest absolute Gasteiger partial charge is 0.329 e. The van der Waals surface area contributed by atoms with Gasteiger partial charge in [-0.1, -0.05) is 42.4 Å². The maximum absolute atomic E-state index is 12.1. The number of nitrogens with one attached hydrogen (secondary N) is 1. The third-order valence-corrected chi connectivity index (χ3v) is 5.53. The van der Waals surface area contributed by atoms with Gasteiger partial charge in [-0.15, -0.1) is 5.10 Å². The Morgan fingerprint density at radius 1 is 1.22 bits per heavy atom.